The molecule has 4 rings (SSSR count). The van der Waals surface area contributed by atoms with Gasteiger partial charge in [0.05, 0.1) is 0 Å². The number of rotatable bonds is 8. The average molecular weight is 606 g/mol. The normalized spacial score (nSPS) is 16.1. The summed E-state index contributed by atoms with van der Waals surface area (Å²) in [6.45, 7) is 3.60. The van der Waals surface area contributed by atoms with Gasteiger partial charge < -0.3 is 26.8 Å². The van der Waals surface area contributed by atoms with Crippen LogP contribution in [0.2, 0.25) is 0 Å². The predicted molar refractivity (Wildman–Crippen MR) is 135 cm³/mol. The monoisotopic (exact) mass is 604 g/mol. The largest absolute Gasteiger partial charge is 1.00 e. The summed E-state index contributed by atoms with van der Waals surface area (Å²) in [5.74, 6) is 0.436. The molecule has 1 fully saturated rings. The number of hydrogen-bond donors (Lipinski definition) is 1. The summed E-state index contributed by atoms with van der Waals surface area (Å²) in [5.41, 5.74) is 0.256. The third kappa shape index (κ3) is 6.63. The SMILES string of the molecule is Cc1n(CCOC(=O)C(O)(c2ccccc2)C2CCCCCC2)cc[n+]1Cc1ccc(Br)cc1.[Br-]. The lowest BCUT2D eigenvalue weighted by Gasteiger charge is -2.34. The van der Waals surface area contributed by atoms with Crippen LogP contribution in [0.15, 0.2) is 71.5 Å². The lowest BCUT2D eigenvalue weighted by Crippen LogP contribution is -3.00. The van der Waals surface area contributed by atoms with Crippen molar-refractivity contribution < 1.29 is 36.2 Å². The Morgan fingerprint density at radius 3 is 2.40 bits per heavy atom. The Morgan fingerprint density at radius 1 is 1.09 bits per heavy atom. The first-order valence-corrected chi connectivity index (χ1v) is 13.0. The van der Waals surface area contributed by atoms with Gasteiger partial charge >= 0.3 is 5.97 Å². The molecule has 1 heterocycles. The van der Waals surface area contributed by atoms with Gasteiger partial charge in [0.1, 0.15) is 32.1 Å². The van der Waals surface area contributed by atoms with Crippen molar-refractivity contribution in [2.24, 2.45) is 5.92 Å². The second kappa shape index (κ2) is 12.8. The van der Waals surface area contributed by atoms with Gasteiger partial charge in [-0.3, -0.25) is 0 Å². The molecule has 35 heavy (non-hydrogen) atoms. The van der Waals surface area contributed by atoms with E-state index in [-0.39, 0.29) is 29.5 Å². The summed E-state index contributed by atoms with van der Waals surface area (Å²) in [6.07, 6.45) is 10.1. The van der Waals surface area contributed by atoms with Gasteiger partial charge in [0.25, 0.3) is 5.82 Å². The lowest BCUT2D eigenvalue weighted by atomic mass is 9.77. The maximum Gasteiger partial charge on any atom is 0.343 e. The number of carbonyl (C=O) groups is 1. The molecular weight excluding hydrogens is 572 g/mol. The zero-order chi connectivity index (χ0) is 24.0. The van der Waals surface area contributed by atoms with E-state index >= 15 is 0 Å². The van der Waals surface area contributed by atoms with E-state index in [0.717, 1.165) is 55.4 Å². The molecule has 1 unspecified atom stereocenters. The molecule has 0 spiro atoms. The van der Waals surface area contributed by atoms with E-state index in [1.54, 1.807) is 0 Å². The zero-order valence-corrected chi connectivity index (χ0v) is 23.4. The van der Waals surface area contributed by atoms with Crippen LogP contribution in [0.25, 0.3) is 0 Å². The number of halogens is 2. The van der Waals surface area contributed by atoms with Crippen LogP contribution in [-0.4, -0.2) is 22.2 Å². The maximum absolute atomic E-state index is 13.3. The fourth-order valence-corrected chi connectivity index (χ4v) is 5.25. The number of esters is 1. The molecule has 1 saturated carbocycles. The van der Waals surface area contributed by atoms with E-state index in [4.69, 9.17) is 4.74 Å². The average Bonchev–Trinajstić information content (AvgIpc) is 3.04. The van der Waals surface area contributed by atoms with Crippen LogP contribution >= 0.6 is 15.9 Å². The van der Waals surface area contributed by atoms with Crippen LogP contribution in [0.1, 0.15) is 55.5 Å². The van der Waals surface area contributed by atoms with Gasteiger partial charge in [-0.2, -0.15) is 0 Å². The highest BCUT2D eigenvalue weighted by Gasteiger charge is 2.46. The molecule has 1 N–H and O–H groups in total. The smallest absolute Gasteiger partial charge is 0.343 e. The molecule has 2 aromatic carbocycles. The van der Waals surface area contributed by atoms with Gasteiger partial charge in [-0.25, -0.2) is 13.9 Å². The summed E-state index contributed by atoms with van der Waals surface area (Å²) >= 11 is 3.48. The molecule has 1 aromatic heterocycles. The van der Waals surface area contributed by atoms with Crippen LogP contribution in [0.3, 0.4) is 0 Å². The Balaban J connectivity index is 0.00000342. The zero-order valence-electron chi connectivity index (χ0n) is 20.2. The molecule has 1 aliphatic carbocycles. The number of ether oxygens (including phenoxy) is 1. The van der Waals surface area contributed by atoms with E-state index in [9.17, 15) is 9.90 Å². The summed E-state index contributed by atoms with van der Waals surface area (Å²) in [7, 11) is 0. The maximum atomic E-state index is 13.3. The fraction of sp³-hybridized carbons (Fsp3) is 0.429. The minimum Gasteiger partial charge on any atom is -1.00 e. The summed E-state index contributed by atoms with van der Waals surface area (Å²) in [6, 6.07) is 17.6. The highest BCUT2D eigenvalue weighted by Crippen LogP contribution is 2.39. The molecule has 0 amide bonds. The number of aromatic nitrogens is 2. The molecule has 0 aliphatic heterocycles. The van der Waals surface area contributed by atoms with Crippen molar-refractivity contribution in [3.05, 3.63) is 88.4 Å². The van der Waals surface area contributed by atoms with Crippen molar-refractivity contribution in [1.29, 1.82) is 0 Å². The summed E-state index contributed by atoms with van der Waals surface area (Å²) < 4.78 is 11.1. The first kappa shape index (κ1) is 27.6. The fourth-order valence-electron chi connectivity index (χ4n) is 4.99. The van der Waals surface area contributed by atoms with Gasteiger partial charge in [0, 0.05) is 17.3 Å². The second-order valence-electron chi connectivity index (χ2n) is 9.25. The highest BCUT2D eigenvalue weighted by molar-refractivity contribution is 9.10. The van der Waals surface area contributed by atoms with E-state index < -0.39 is 11.6 Å². The van der Waals surface area contributed by atoms with Crippen molar-refractivity contribution >= 4 is 21.9 Å². The van der Waals surface area contributed by atoms with E-state index in [0.29, 0.717) is 12.1 Å². The molecule has 7 heteroatoms. The molecule has 3 aromatic rings. The van der Waals surface area contributed by atoms with E-state index in [1.165, 1.54) is 5.56 Å². The quantitative estimate of drug-likeness (QED) is 0.244. The van der Waals surface area contributed by atoms with Crippen LogP contribution in [-0.2, 0) is 28.2 Å². The Kier molecular flexibility index (Phi) is 10.1. The van der Waals surface area contributed by atoms with Gasteiger partial charge in [-0.15, -0.1) is 0 Å². The van der Waals surface area contributed by atoms with Gasteiger partial charge in [-0.1, -0.05) is 84.1 Å². The molecule has 0 bridgehead atoms. The Morgan fingerprint density at radius 2 is 1.74 bits per heavy atom. The van der Waals surface area contributed by atoms with Gasteiger partial charge in [0.2, 0.25) is 0 Å². The summed E-state index contributed by atoms with van der Waals surface area (Å²) in [4.78, 5) is 13.3. The van der Waals surface area contributed by atoms with Crippen LogP contribution in [0.5, 0.6) is 0 Å². The predicted octanol–water partition coefficient (Wildman–Crippen LogP) is 2.30. The minimum absolute atomic E-state index is 0. The number of aliphatic hydroxyl groups is 1. The first-order chi connectivity index (χ1) is 16.5. The van der Waals surface area contributed by atoms with Crippen molar-refractivity contribution in [3.63, 3.8) is 0 Å². The Labute approximate surface area is 227 Å². The van der Waals surface area contributed by atoms with E-state index in [1.807, 2.05) is 54.9 Å². The summed E-state index contributed by atoms with van der Waals surface area (Å²) in [5, 5.41) is 11.8. The van der Waals surface area contributed by atoms with Gasteiger partial charge in [-0.05, 0) is 36.1 Å². The standard InChI is InChI=1S/C28H34BrN2O3.BrH/c1-22-30(17-18-31(22)21-23-13-15-26(29)16-14-23)19-20-34-27(32)28(33,25-11-7-4-8-12-25)24-9-5-2-3-6-10-24;/h4,7-8,11-18,24,33H,2-3,5-6,9-10,19-21H2,1H3;1H/q+1;/p-1. The third-order valence-corrected chi connectivity index (χ3v) is 7.59. The molecule has 5 nitrogen and oxygen atoms in total. The minimum atomic E-state index is -1.60. The highest BCUT2D eigenvalue weighted by atomic mass is 79.9. The topological polar surface area (TPSA) is 55.3 Å². The molecular formula is C28H34Br2N2O3. The second-order valence-corrected chi connectivity index (χ2v) is 10.2. The van der Waals surface area contributed by atoms with Crippen LogP contribution in [0, 0.1) is 12.8 Å². The number of imidazole rings is 1. The number of carbonyl (C=O) groups excluding carboxylic acids is 1. The molecule has 188 valence electrons. The van der Waals surface area contributed by atoms with Crippen molar-refractivity contribution in [2.75, 3.05) is 6.61 Å². The van der Waals surface area contributed by atoms with Crippen molar-refractivity contribution in [3.8, 4) is 0 Å². The van der Waals surface area contributed by atoms with Crippen molar-refractivity contribution in [2.45, 2.75) is 64.1 Å². The molecule has 1 aliphatic rings. The lowest BCUT2D eigenvalue weighted by molar-refractivity contribution is -0.694. The number of nitrogens with zero attached hydrogens (tertiary/aromatic N) is 2. The van der Waals surface area contributed by atoms with Gasteiger partial charge in [0.15, 0.2) is 5.60 Å². The molecule has 0 saturated heterocycles. The number of hydrogen-bond acceptors (Lipinski definition) is 3. The molecule has 1 atom stereocenters. The van der Waals surface area contributed by atoms with Crippen LogP contribution < -0.4 is 21.5 Å². The molecule has 0 radical (unpaired) electrons. The van der Waals surface area contributed by atoms with Crippen molar-refractivity contribution in [1.82, 2.24) is 4.57 Å². The third-order valence-electron chi connectivity index (χ3n) is 7.06. The number of benzene rings is 2. The first-order valence-electron chi connectivity index (χ1n) is 12.2. The van der Waals surface area contributed by atoms with Crippen LogP contribution in [0.4, 0.5) is 0 Å². The Hall–Kier alpha value is -1.96. The van der Waals surface area contributed by atoms with E-state index in [2.05, 4.69) is 44.1 Å². The Bertz CT molecular complexity index is 1080.